The molecule has 7 nitrogen and oxygen atoms in total. The number of hydrogen-bond acceptors (Lipinski definition) is 5. The molecule has 0 spiro atoms. The Bertz CT molecular complexity index is 558. The molecule has 3 N–H and O–H groups in total. The maximum atomic E-state index is 11.5. The minimum absolute atomic E-state index is 0. The summed E-state index contributed by atoms with van der Waals surface area (Å²) in [6, 6.07) is 0. The van der Waals surface area contributed by atoms with Crippen LogP contribution in [0.1, 0.15) is 51.7 Å². The third kappa shape index (κ3) is 11.5. The van der Waals surface area contributed by atoms with Crippen LogP contribution in [0.5, 0.6) is 0 Å². The second-order valence-corrected chi connectivity index (χ2v) is 7.43. The Kier molecular flexibility index (Phi) is 12.6. The van der Waals surface area contributed by atoms with E-state index in [0.29, 0.717) is 19.6 Å². The van der Waals surface area contributed by atoms with Gasteiger partial charge in [0.1, 0.15) is 5.60 Å². The zero-order valence-electron chi connectivity index (χ0n) is 16.3. The lowest BCUT2D eigenvalue weighted by molar-refractivity contribution is 0.0527. The maximum absolute atomic E-state index is 11.5. The fraction of sp³-hybridized carbons (Fsp3) is 0.706. The summed E-state index contributed by atoms with van der Waals surface area (Å²) in [6.45, 7) is 12.3. The van der Waals surface area contributed by atoms with Crippen LogP contribution in [0.4, 0.5) is 4.79 Å². The summed E-state index contributed by atoms with van der Waals surface area (Å²) in [5.41, 5.74) is 0.520. The molecule has 0 aromatic carbocycles. The fourth-order valence-electron chi connectivity index (χ4n) is 1.89. The van der Waals surface area contributed by atoms with Gasteiger partial charge in [-0.25, -0.2) is 14.8 Å². The second-order valence-electron chi connectivity index (χ2n) is 6.49. The third-order valence-corrected chi connectivity index (χ3v) is 4.00. The van der Waals surface area contributed by atoms with Crippen molar-refractivity contribution in [2.75, 3.05) is 19.6 Å². The van der Waals surface area contributed by atoms with Crippen molar-refractivity contribution in [3.63, 3.8) is 0 Å². The Morgan fingerprint density at radius 2 is 1.92 bits per heavy atom. The summed E-state index contributed by atoms with van der Waals surface area (Å²) in [4.78, 5) is 20.6. The van der Waals surface area contributed by atoms with Gasteiger partial charge in [0, 0.05) is 25.0 Å². The molecule has 1 rings (SSSR count). The van der Waals surface area contributed by atoms with Crippen molar-refractivity contribution in [2.24, 2.45) is 4.99 Å². The first-order valence-corrected chi connectivity index (χ1v) is 9.64. The summed E-state index contributed by atoms with van der Waals surface area (Å²) >= 11 is 1.67. The van der Waals surface area contributed by atoms with Crippen LogP contribution >= 0.6 is 35.3 Å². The number of nitrogens with one attached hydrogen (secondary N) is 3. The van der Waals surface area contributed by atoms with E-state index in [0.717, 1.165) is 36.0 Å². The van der Waals surface area contributed by atoms with Gasteiger partial charge in [0.25, 0.3) is 0 Å². The number of hydrogen-bond donors (Lipinski definition) is 3. The molecule has 1 heterocycles. The quantitative estimate of drug-likeness (QED) is 0.222. The van der Waals surface area contributed by atoms with Gasteiger partial charge in [-0.2, -0.15) is 0 Å². The Morgan fingerprint density at radius 3 is 2.50 bits per heavy atom. The number of nitrogens with zero attached hydrogens (tertiary/aromatic N) is 2. The van der Waals surface area contributed by atoms with Crippen molar-refractivity contribution in [2.45, 2.75) is 59.6 Å². The van der Waals surface area contributed by atoms with E-state index < -0.39 is 5.60 Å². The van der Waals surface area contributed by atoms with Crippen LogP contribution in [0.25, 0.3) is 0 Å². The van der Waals surface area contributed by atoms with E-state index in [2.05, 4.69) is 38.2 Å². The van der Waals surface area contributed by atoms with Gasteiger partial charge in [0.15, 0.2) is 5.96 Å². The fourth-order valence-corrected chi connectivity index (χ4v) is 2.62. The van der Waals surface area contributed by atoms with Crippen molar-refractivity contribution in [1.82, 2.24) is 20.9 Å². The zero-order valence-corrected chi connectivity index (χ0v) is 19.5. The van der Waals surface area contributed by atoms with Crippen LogP contribution in [0.2, 0.25) is 0 Å². The molecule has 0 saturated heterocycles. The van der Waals surface area contributed by atoms with E-state index in [9.17, 15) is 4.79 Å². The Labute approximate surface area is 177 Å². The van der Waals surface area contributed by atoms with Crippen LogP contribution in [0, 0.1) is 0 Å². The lowest BCUT2D eigenvalue weighted by atomic mass is 10.2. The van der Waals surface area contributed by atoms with Gasteiger partial charge < -0.3 is 20.7 Å². The molecule has 0 bridgehead atoms. The number of thiazole rings is 1. The number of aromatic nitrogens is 1. The summed E-state index contributed by atoms with van der Waals surface area (Å²) in [5.74, 6) is 0.755. The maximum Gasteiger partial charge on any atom is 0.407 e. The molecule has 1 aromatic heterocycles. The van der Waals surface area contributed by atoms with Gasteiger partial charge >= 0.3 is 6.09 Å². The molecular formula is C17H32IN5O2S. The zero-order chi connectivity index (χ0) is 18.7. The van der Waals surface area contributed by atoms with Gasteiger partial charge in [0.2, 0.25) is 0 Å². The van der Waals surface area contributed by atoms with Crippen molar-refractivity contribution >= 4 is 47.4 Å². The Morgan fingerprint density at radius 1 is 1.23 bits per heavy atom. The van der Waals surface area contributed by atoms with Crippen LogP contribution in [-0.4, -0.2) is 42.3 Å². The highest BCUT2D eigenvalue weighted by Crippen LogP contribution is 2.10. The summed E-state index contributed by atoms with van der Waals surface area (Å²) in [6.07, 6.45) is 1.35. The number of amides is 1. The Balaban J connectivity index is 0.00000625. The normalized spacial score (nSPS) is 11.5. The van der Waals surface area contributed by atoms with E-state index in [-0.39, 0.29) is 30.1 Å². The first-order valence-electron chi connectivity index (χ1n) is 8.76. The number of ether oxygens (including phenoxy) is 1. The monoisotopic (exact) mass is 497 g/mol. The molecule has 1 aromatic rings. The number of halogens is 1. The van der Waals surface area contributed by atoms with Gasteiger partial charge in [-0.05, 0) is 40.5 Å². The molecule has 0 aliphatic heterocycles. The molecule has 0 atom stereocenters. The molecule has 0 aliphatic rings. The van der Waals surface area contributed by atoms with Gasteiger partial charge in [-0.1, -0.05) is 6.92 Å². The molecular weight excluding hydrogens is 465 g/mol. The number of rotatable bonds is 8. The molecule has 1 amide bonds. The number of carbonyl (C=O) groups excluding carboxylic acids is 1. The van der Waals surface area contributed by atoms with Crippen LogP contribution in [-0.2, 0) is 17.7 Å². The smallest absolute Gasteiger partial charge is 0.407 e. The highest BCUT2D eigenvalue weighted by Gasteiger charge is 2.15. The van der Waals surface area contributed by atoms with Gasteiger partial charge in [0.05, 0.1) is 17.2 Å². The number of aryl methyl sites for hydroxylation is 1. The first kappa shape index (κ1) is 24.9. The van der Waals surface area contributed by atoms with Crippen LogP contribution in [0.3, 0.4) is 0 Å². The predicted octanol–water partition coefficient (Wildman–Crippen LogP) is 3.29. The number of carbonyl (C=O) groups is 1. The Hall–Kier alpha value is -1.10. The number of guanidine groups is 1. The molecule has 150 valence electrons. The molecule has 0 fully saturated rings. The third-order valence-electron chi connectivity index (χ3n) is 2.96. The minimum Gasteiger partial charge on any atom is -0.444 e. The van der Waals surface area contributed by atoms with Crippen molar-refractivity contribution in [3.05, 3.63) is 16.1 Å². The van der Waals surface area contributed by atoms with Gasteiger partial charge in [-0.15, -0.1) is 35.3 Å². The average Bonchev–Trinajstić information content (AvgIpc) is 2.98. The van der Waals surface area contributed by atoms with Gasteiger partial charge in [-0.3, -0.25) is 0 Å². The number of alkyl carbamates (subject to hydrolysis) is 1. The molecule has 0 aliphatic carbocycles. The first-order chi connectivity index (χ1) is 11.8. The average molecular weight is 497 g/mol. The largest absolute Gasteiger partial charge is 0.444 e. The molecule has 0 unspecified atom stereocenters. The molecule has 26 heavy (non-hydrogen) atoms. The standard InChI is InChI=1S/C17H31N5O2S.HI/c1-6-14-22-13(12-25-14)11-21-15(18-7-2)19-9-8-10-20-16(23)24-17(3,4)5;/h12H,6-11H2,1-5H3,(H,20,23)(H2,18,19,21);1H. The van der Waals surface area contributed by atoms with Crippen molar-refractivity contribution < 1.29 is 9.53 Å². The summed E-state index contributed by atoms with van der Waals surface area (Å²) in [7, 11) is 0. The lowest BCUT2D eigenvalue weighted by Crippen LogP contribution is -2.39. The van der Waals surface area contributed by atoms with E-state index in [1.807, 2.05) is 27.7 Å². The van der Waals surface area contributed by atoms with Crippen molar-refractivity contribution in [3.8, 4) is 0 Å². The van der Waals surface area contributed by atoms with Crippen LogP contribution in [0.15, 0.2) is 10.4 Å². The minimum atomic E-state index is -0.472. The van der Waals surface area contributed by atoms with E-state index >= 15 is 0 Å². The SMILES string of the molecule is CCNC(=NCc1csc(CC)n1)NCCCNC(=O)OC(C)(C)C.I. The molecule has 9 heteroatoms. The topological polar surface area (TPSA) is 87.6 Å². The molecule has 0 saturated carbocycles. The van der Waals surface area contributed by atoms with E-state index in [4.69, 9.17) is 4.74 Å². The number of aliphatic imine (C=N–C) groups is 1. The summed E-state index contributed by atoms with van der Waals surface area (Å²) < 4.78 is 5.19. The predicted molar refractivity (Wildman–Crippen MR) is 119 cm³/mol. The van der Waals surface area contributed by atoms with Crippen LogP contribution < -0.4 is 16.0 Å². The lowest BCUT2D eigenvalue weighted by Gasteiger charge is -2.19. The molecule has 0 radical (unpaired) electrons. The van der Waals surface area contributed by atoms with E-state index in [1.54, 1.807) is 11.3 Å². The second kappa shape index (κ2) is 13.1. The van der Waals surface area contributed by atoms with Crippen molar-refractivity contribution in [1.29, 1.82) is 0 Å². The highest BCUT2D eigenvalue weighted by atomic mass is 127. The van der Waals surface area contributed by atoms with E-state index in [1.165, 1.54) is 0 Å². The highest BCUT2D eigenvalue weighted by molar-refractivity contribution is 14.0. The summed E-state index contributed by atoms with van der Waals surface area (Å²) in [5, 5.41) is 12.4.